The molecule has 15 heavy (non-hydrogen) atoms. The molecule has 0 heterocycles. The molecule has 88 valence electrons. The topological polar surface area (TPSA) is 66.4 Å². The molecule has 2 fully saturated rings. The maximum absolute atomic E-state index is 11.6. The molecule has 0 aromatic heterocycles. The van der Waals surface area contributed by atoms with Gasteiger partial charge in [0.2, 0.25) is 10.0 Å². The van der Waals surface area contributed by atoms with Crippen LogP contribution in [0, 0.1) is 5.41 Å². The van der Waals surface area contributed by atoms with E-state index in [1.807, 2.05) is 0 Å². The second-order valence-electron chi connectivity index (χ2n) is 4.93. The molecule has 0 aromatic rings. The summed E-state index contributed by atoms with van der Waals surface area (Å²) in [5.41, 5.74) is -0.179. The third-order valence-electron chi connectivity index (χ3n) is 3.61. The van der Waals surface area contributed by atoms with Crippen LogP contribution in [-0.4, -0.2) is 31.9 Å². The molecular formula is C10H19NO3S. The molecule has 0 radical (unpaired) electrons. The predicted molar refractivity (Wildman–Crippen MR) is 57.9 cm³/mol. The fraction of sp³-hybridized carbons (Fsp3) is 1.00. The second-order valence-corrected chi connectivity index (χ2v) is 6.98. The van der Waals surface area contributed by atoms with Gasteiger partial charge in [0.25, 0.3) is 0 Å². The van der Waals surface area contributed by atoms with Gasteiger partial charge in [0.05, 0.1) is 5.25 Å². The van der Waals surface area contributed by atoms with Crippen LogP contribution in [0.5, 0.6) is 0 Å². The summed E-state index contributed by atoms with van der Waals surface area (Å²) in [5.74, 6) is 0. The van der Waals surface area contributed by atoms with Gasteiger partial charge in [0.1, 0.15) is 0 Å². The molecule has 0 amide bonds. The molecule has 0 spiro atoms. The summed E-state index contributed by atoms with van der Waals surface area (Å²) < 4.78 is 25.9. The van der Waals surface area contributed by atoms with Crippen LogP contribution in [0.3, 0.4) is 0 Å². The number of nitrogens with one attached hydrogen (secondary N) is 1. The Morgan fingerprint density at radius 2 is 1.87 bits per heavy atom. The van der Waals surface area contributed by atoms with E-state index in [4.69, 9.17) is 0 Å². The Bertz CT molecular complexity index is 316. The summed E-state index contributed by atoms with van der Waals surface area (Å²) in [6, 6.07) is 0. The minimum absolute atomic E-state index is 0.0974. The monoisotopic (exact) mass is 233 g/mol. The van der Waals surface area contributed by atoms with Crippen LogP contribution in [0.15, 0.2) is 0 Å². The average Bonchev–Trinajstić information content (AvgIpc) is 2.97. The number of rotatable bonds is 5. The molecule has 2 aliphatic rings. The van der Waals surface area contributed by atoms with Crippen LogP contribution < -0.4 is 4.72 Å². The highest BCUT2D eigenvalue weighted by Gasteiger charge is 2.39. The van der Waals surface area contributed by atoms with E-state index in [1.165, 1.54) is 0 Å². The molecule has 0 bridgehead atoms. The van der Waals surface area contributed by atoms with E-state index in [0.29, 0.717) is 6.54 Å². The van der Waals surface area contributed by atoms with Gasteiger partial charge in [0.15, 0.2) is 0 Å². The quantitative estimate of drug-likeness (QED) is 0.731. The summed E-state index contributed by atoms with van der Waals surface area (Å²) in [5, 5.41) is 9.18. The first-order valence-corrected chi connectivity index (χ1v) is 7.22. The van der Waals surface area contributed by atoms with E-state index in [2.05, 4.69) is 4.72 Å². The summed E-state index contributed by atoms with van der Waals surface area (Å²) in [7, 11) is -3.08. The van der Waals surface area contributed by atoms with Gasteiger partial charge in [-0.05, 0) is 25.7 Å². The van der Waals surface area contributed by atoms with Crippen molar-refractivity contribution in [3.05, 3.63) is 0 Å². The molecular weight excluding hydrogens is 214 g/mol. The van der Waals surface area contributed by atoms with E-state index >= 15 is 0 Å². The van der Waals surface area contributed by atoms with Gasteiger partial charge < -0.3 is 5.11 Å². The molecule has 0 saturated heterocycles. The SMILES string of the molecule is O=S(=O)(NCC1(CO)CCCC1)C1CC1. The van der Waals surface area contributed by atoms with Crippen LogP contribution in [0.4, 0.5) is 0 Å². The zero-order valence-electron chi connectivity index (χ0n) is 8.91. The molecule has 0 aromatic carbocycles. The van der Waals surface area contributed by atoms with E-state index in [0.717, 1.165) is 38.5 Å². The van der Waals surface area contributed by atoms with Gasteiger partial charge >= 0.3 is 0 Å². The van der Waals surface area contributed by atoms with Crippen molar-refractivity contribution in [1.29, 1.82) is 0 Å². The molecule has 2 saturated carbocycles. The highest BCUT2D eigenvalue weighted by Crippen LogP contribution is 2.37. The first-order chi connectivity index (χ1) is 7.08. The molecule has 2 N–H and O–H groups in total. The van der Waals surface area contributed by atoms with E-state index < -0.39 is 10.0 Å². The summed E-state index contributed by atoms with van der Waals surface area (Å²) in [6.45, 7) is 0.516. The van der Waals surface area contributed by atoms with Gasteiger partial charge in [-0.1, -0.05) is 12.8 Å². The van der Waals surface area contributed by atoms with E-state index in [-0.39, 0.29) is 17.3 Å². The highest BCUT2D eigenvalue weighted by atomic mass is 32.2. The number of aliphatic hydroxyl groups is 1. The van der Waals surface area contributed by atoms with Crippen LogP contribution >= 0.6 is 0 Å². The maximum Gasteiger partial charge on any atom is 0.214 e. The molecule has 4 nitrogen and oxygen atoms in total. The van der Waals surface area contributed by atoms with Crippen LogP contribution in [0.25, 0.3) is 0 Å². The minimum Gasteiger partial charge on any atom is -0.396 e. The van der Waals surface area contributed by atoms with Crippen molar-refractivity contribution in [2.24, 2.45) is 5.41 Å². The van der Waals surface area contributed by atoms with Gasteiger partial charge in [-0.3, -0.25) is 0 Å². The van der Waals surface area contributed by atoms with Crippen molar-refractivity contribution in [3.63, 3.8) is 0 Å². The van der Waals surface area contributed by atoms with Crippen molar-refractivity contribution in [2.45, 2.75) is 43.8 Å². The number of aliphatic hydroxyl groups excluding tert-OH is 1. The number of sulfonamides is 1. The average molecular weight is 233 g/mol. The molecule has 2 aliphatic carbocycles. The Kier molecular flexibility index (Phi) is 3.05. The lowest BCUT2D eigenvalue weighted by Crippen LogP contribution is -2.39. The molecule has 2 rings (SSSR count). The zero-order chi connectivity index (χ0) is 10.9. The Morgan fingerprint density at radius 3 is 2.33 bits per heavy atom. The molecule has 0 unspecified atom stereocenters. The van der Waals surface area contributed by atoms with Crippen molar-refractivity contribution in [1.82, 2.24) is 4.72 Å². The predicted octanol–water partition coefficient (Wildman–Crippen LogP) is 0.621. The molecule has 5 heteroatoms. The third-order valence-corrected chi connectivity index (χ3v) is 5.51. The lowest BCUT2D eigenvalue weighted by atomic mass is 9.88. The fourth-order valence-corrected chi connectivity index (χ4v) is 3.77. The fourth-order valence-electron chi connectivity index (χ4n) is 2.27. The van der Waals surface area contributed by atoms with Crippen molar-refractivity contribution >= 4 is 10.0 Å². The van der Waals surface area contributed by atoms with Crippen LogP contribution in [-0.2, 0) is 10.0 Å². The molecule has 0 aliphatic heterocycles. The Hall–Kier alpha value is -0.130. The Balaban J connectivity index is 1.90. The first kappa shape index (κ1) is 11.4. The smallest absolute Gasteiger partial charge is 0.214 e. The normalized spacial score (nSPS) is 25.7. The van der Waals surface area contributed by atoms with Gasteiger partial charge in [-0.25, -0.2) is 13.1 Å². The van der Waals surface area contributed by atoms with Gasteiger partial charge in [-0.15, -0.1) is 0 Å². The summed E-state index contributed by atoms with van der Waals surface area (Å²) in [4.78, 5) is 0. The highest BCUT2D eigenvalue weighted by molar-refractivity contribution is 7.90. The largest absolute Gasteiger partial charge is 0.396 e. The maximum atomic E-state index is 11.6. The summed E-state index contributed by atoms with van der Waals surface area (Å²) in [6.07, 6.45) is 5.67. The van der Waals surface area contributed by atoms with E-state index in [1.54, 1.807) is 0 Å². The van der Waals surface area contributed by atoms with Gasteiger partial charge in [-0.2, -0.15) is 0 Å². The van der Waals surface area contributed by atoms with Crippen molar-refractivity contribution < 1.29 is 13.5 Å². The second kappa shape index (κ2) is 4.03. The Morgan fingerprint density at radius 1 is 1.27 bits per heavy atom. The number of hydrogen-bond donors (Lipinski definition) is 2. The Labute approximate surface area is 91.1 Å². The molecule has 0 atom stereocenters. The van der Waals surface area contributed by atoms with Crippen molar-refractivity contribution in [2.75, 3.05) is 13.2 Å². The zero-order valence-corrected chi connectivity index (χ0v) is 9.72. The summed E-state index contributed by atoms with van der Waals surface area (Å²) >= 11 is 0. The lowest BCUT2D eigenvalue weighted by molar-refractivity contribution is 0.134. The first-order valence-electron chi connectivity index (χ1n) is 5.67. The van der Waals surface area contributed by atoms with Crippen molar-refractivity contribution in [3.8, 4) is 0 Å². The lowest BCUT2D eigenvalue weighted by Gasteiger charge is -2.26. The minimum atomic E-state index is -3.08. The van der Waals surface area contributed by atoms with Gasteiger partial charge in [0, 0.05) is 18.6 Å². The van der Waals surface area contributed by atoms with E-state index in [9.17, 15) is 13.5 Å². The standard InChI is InChI=1S/C10H19NO3S/c12-8-10(5-1-2-6-10)7-11-15(13,14)9-3-4-9/h9,11-12H,1-8H2. The third kappa shape index (κ3) is 2.52. The van der Waals surface area contributed by atoms with Crippen LogP contribution in [0.2, 0.25) is 0 Å². The van der Waals surface area contributed by atoms with Crippen LogP contribution in [0.1, 0.15) is 38.5 Å². The number of hydrogen-bond acceptors (Lipinski definition) is 3.